The van der Waals surface area contributed by atoms with Gasteiger partial charge in [0.25, 0.3) is 0 Å². The molecule has 0 aromatic heterocycles. The van der Waals surface area contributed by atoms with Crippen molar-refractivity contribution in [3.05, 3.63) is 29.8 Å². The van der Waals surface area contributed by atoms with Gasteiger partial charge in [-0.3, -0.25) is 9.59 Å². The third-order valence-electron chi connectivity index (χ3n) is 6.32. The van der Waals surface area contributed by atoms with Crippen molar-refractivity contribution in [2.45, 2.75) is 64.9 Å². The van der Waals surface area contributed by atoms with Crippen LogP contribution in [0, 0.1) is 11.3 Å². The highest BCUT2D eigenvalue weighted by Gasteiger charge is 2.48. The van der Waals surface area contributed by atoms with Gasteiger partial charge < -0.3 is 14.7 Å². The van der Waals surface area contributed by atoms with E-state index in [0.29, 0.717) is 38.5 Å². The number of nitrogens with zero attached hydrogens (tertiary/aromatic N) is 1. The van der Waals surface area contributed by atoms with Crippen molar-refractivity contribution in [1.82, 2.24) is 4.90 Å². The number of aliphatic carboxylic acids is 1. The molecular formula is C22H31NO4. The van der Waals surface area contributed by atoms with Gasteiger partial charge >= 0.3 is 5.97 Å². The van der Waals surface area contributed by atoms with Crippen LogP contribution < -0.4 is 4.74 Å². The van der Waals surface area contributed by atoms with Crippen molar-refractivity contribution >= 4 is 11.9 Å². The summed E-state index contributed by atoms with van der Waals surface area (Å²) < 4.78 is 6.04. The van der Waals surface area contributed by atoms with Gasteiger partial charge in [0.1, 0.15) is 5.75 Å². The van der Waals surface area contributed by atoms with E-state index in [9.17, 15) is 14.7 Å². The van der Waals surface area contributed by atoms with E-state index in [1.54, 1.807) is 4.90 Å². The molecule has 0 spiro atoms. The molecule has 1 saturated heterocycles. The van der Waals surface area contributed by atoms with E-state index in [-0.39, 0.29) is 11.8 Å². The molecule has 1 amide bonds. The predicted molar refractivity (Wildman–Crippen MR) is 104 cm³/mol. The molecule has 5 nitrogen and oxygen atoms in total. The molecule has 27 heavy (non-hydrogen) atoms. The Labute approximate surface area is 161 Å². The molecule has 2 fully saturated rings. The largest absolute Gasteiger partial charge is 0.490 e. The third-order valence-corrected chi connectivity index (χ3v) is 6.32. The van der Waals surface area contributed by atoms with Crippen LogP contribution in [-0.2, 0) is 16.0 Å². The first kappa shape index (κ1) is 19.7. The van der Waals surface area contributed by atoms with E-state index < -0.39 is 11.4 Å². The summed E-state index contributed by atoms with van der Waals surface area (Å²) in [6.07, 6.45) is 6.64. The van der Waals surface area contributed by atoms with Crippen molar-refractivity contribution in [1.29, 1.82) is 0 Å². The van der Waals surface area contributed by atoms with Gasteiger partial charge in [-0.15, -0.1) is 0 Å². The number of carbonyl (C=O) groups excluding carboxylic acids is 1. The number of benzene rings is 1. The maximum Gasteiger partial charge on any atom is 0.311 e. The Balaban J connectivity index is 1.54. The first-order valence-electron chi connectivity index (χ1n) is 10.2. The first-order chi connectivity index (χ1) is 12.9. The average Bonchev–Trinajstić information content (AvgIpc) is 3.30. The van der Waals surface area contributed by atoms with Crippen molar-refractivity contribution in [2.75, 3.05) is 13.1 Å². The van der Waals surface area contributed by atoms with Crippen LogP contribution in [0.2, 0.25) is 0 Å². The number of aryl methyl sites for hydroxylation is 1. The molecule has 1 saturated carbocycles. The topological polar surface area (TPSA) is 66.8 Å². The lowest BCUT2D eigenvalue weighted by Crippen LogP contribution is -2.40. The zero-order valence-corrected chi connectivity index (χ0v) is 16.4. The molecule has 1 unspecified atom stereocenters. The van der Waals surface area contributed by atoms with Crippen molar-refractivity contribution in [2.24, 2.45) is 11.3 Å². The van der Waals surface area contributed by atoms with Crippen LogP contribution in [0.25, 0.3) is 0 Å². The molecule has 1 aromatic carbocycles. The average molecular weight is 373 g/mol. The zero-order valence-electron chi connectivity index (χ0n) is 16.4. The van der Waals surface area contributed by atoms with Crippen LogP contribution in [0.1, 0.15) is 57.9 Å². The number of carbonyl (C=O) groups is 2. The minimum Gasteiger partial charge on any atom is -0.490 e. The van der Waals surface area contributed by atoms with E-state index in [1.165, 1.54) is 12.8 Å². The highest BCUT2D eigenvalue weighted by molar-refractivity contribution is 5.81. The van der Waals surface area contributed by atoms with Gasteiger partial charge in [-0.05, 0) is 62.1 Å². The Bertz CT molecular complexity index is 681. The van der Waals surface area contributed by atoms with Crippen LogP contribution in [0.15, 0.2) is 24.3 Å². The second kappa shape index (κ2) is 8.32. The lowest BCUT2D eigenvalue weighted by Gasteiger charge is -2.28. The van der Waals surface area contributed by atoms with Gasteiger partial charge in [0.05, 0.1) is 11.5 Å². The van der Waals surface area contributed by atoms with Gasteiger partial charge in [0, 0.05) is 19.5 Å². The van der Waals surface area contributed by atoms with E-state index in [1.807, 2.05) is 38.1 Å². The molecule has 3 rings (SSSR count). The lowest BCUT2D eigenvalue weighted by atomic mass is 9.76. The van der Waals surface area contributed by atoms with Gasteiger partial charge in [0.15, 0.2) is 0 Å². The quantitative estimate of drug-likeness (QED) is 0.787. The van der Waals surface area contributed by atoms with Crippen molar-refractivity contribution < 1.29 is 19.4 Å². The molecule has 1 aliphatic carbocycles. The number of hydrogen-bond donors (Lipinski definition) is 1. The first-order valence-corrected chi connectivity index (χ1v) is 10.2. The Morgan fingerprint density at radius 2 is 2.04 bits per heavy atom. The fourth-order valence-corrected chi connectivity index (χ4v) is 4.32. The number of carboxylic acid groups (broad SMARTS) is 1. The summed E-state index contributed by atoms with van der Waals surface area (Å²) in [5.74, 6) is 0.153. The minimum atomic E-state index is -0.801. The molecule has 1 atom stereocenters. The molecule has 5 heteroatoms. The van der Waals surface area contributed by atoms with Crippen molar-refractivity contribution in [3.8, 4) is 5.75 Å². The van der Waals surface area contributed by atoms with Crippen molar-refractivity contribution in [3.63, 3.8) is 0 Å². The summed E-state index contributed by atoms with van der Waals surface area (Å²) >= 11 is 0. The summed E-state index contributed by atoms with van der Waals surface area (Å²) in [4.78, 5) is 26.1. The Morgan fingerprint density at radius 3 is 2.67 bits per heavy atom. The van der Waals surface area contributed by atoms with E-state index in [0.717, 1.165) is 24.2 Å². The van der Waals surface area contributed by atoms with Crippen LogP contribution in [0.5, 0.6) is 5.75 Å². The molecular weight excluding hydrogens is 342 g/mol. The van der Waals surface area contributed by atoms with Crippen LogP contribution in [0.3, 0.4) is 0 Å². The number of likely N-dealkylation sites (tertiary alicyclic amines) is 1. The highest BCUT2D eigenvalue weighted by atomic mass is 16.5. The molecule has 148 valence electrons. The number of hydrogen-bond acceptors (Lipinski definition) is 3. The number of carboxylic acids is 1. The SMILES string of the molecule is CC(C)C1(C(=O)O)CCN(C(=O)CCc2cccc(OC3CCCC3)c2)C1. The van der Waals surface area contributed by atoms with Gasteiger partial charge in [0.2, 0.25) is 5.91 Å². The molecule has 1 aliphatic heterocycles. The fraction of sp³-hybridized carbons (Fsp3) is 0.636. The lowest BCUT2D eigenvalue weighted by molar-refractivity contribution is -0.151. The second-order valence-electron chi connectivity index (χ2n) is 8.35. The summed E-state index contributed by atoms with van der Waals surface area (Å²) in [5.41, 5.74) is 0.288. The number of rotatable bonds is 7. The normalized spacial score (nSPS) is 23.1. The van der Waals surface area contributed by atoms with Gasteiger partial charge in [-0.25, -0.2) is 0 Å². The molecule has 1 N–H and O–H groups in total. The van der Waals surface area contributed by atoms with Crippen LogP contribution in [-0.4, -0.2) is 41.1 Å². The van der Waals surface area contributed by atoms with Crippen LogP contribution in [0.4, 0.5) is 0 Å². The van der Waals surface area contributed by atoms with E-state index >= 15 is 0 Å². The summed E-state index contributed by atoms with van der Waals surface area (Å²) in [7, 11) is 0. The monoisotopic (exact) mass is 373 g/mol. The molecule has 1 heterocycles. The molecule has 0 radical (unpaired) electrons. The summed E-state index contributed by atoms with van der Waals surface area (Å²) in [6.45, 7) is 4.72. The van der Waals surface area contributed by atoms with E-state index in [4.69, 9.17) is 4.74 Å². The molecule has 1 aromatic rings. The number of amides is 1. The Hall–Kier alpha value is -2.04. The maximum atomic E-state index is 12.6. The van der Waals surface area contributed by atoms with Gasteiger partial charge in [-0.1, -0.05) is 26.0 Å². The third kappa shape index (κ3) is 4.45. The molecule has 0 bridgehead atoms. The zero-order chi connectivity index (χ0) is 19.4. The van der Waals surface area contributed by atoms with Crippen LogP contribution >= 0.6 is 0 Å². The predicted octanol–water partition coefficient (Wildman–Crippen LogP) is 3.90. The maximum absolute atomic E-state index is 12.6. The highest BCUT2D eigenvalue weighted by Crippen LogP contribution is 2.38. The van der Waals surface area contributed by atoms with E-state index in [2.05, 4.69) is 0 Å². The summed E-state index contributed by atoms with van der Waals surface area (Å²) in [5, 5.41) is 9.64. The Morgan fingerprint density at radius 1 is 1.30 bits per heavy atom. The molecule has 2 aliphatic rings. The fourth-order valence-electron chi connectivity index (χ4n) is 4.32. The second-order valence-corrected chi connectivity index (χ2v) is 8.35. The summed E-state index contributed by atoms with van der Waals surface area (Å²) in [6, 6.07) is 8.02. The minimum absolute atomic E-state index is 0.0113. The van der Waals surface area contributed by atoms with Gasteiger partial charge in [-0.2, -0.15) is 0 Å². The smallest absolute Gasteiger partial charge is 0.311 e. The Kier molecular flexibility index (Phi) is 6.08. The number of ether oxygens (including phenoxy) is 1. The standard InChI is InChI=1S/C22H31NO4/c1-16(2)22(21(25)26)12-13-23(15-22)20(24)11-10-17-6-5-9-19(14-17)27-18-7-3-4-8-18/h5-6,9,14,16,18H,3-4,7-8,10-13,15H2,1-2H3,(H,25,26).